The highest BCUT2D eigenvalue weighted by Gasteiger charge is 2.47. The summed E-state index contributed by atoms with van der Waals surface area (Å²) in [7, 11) is 1.98. The van der Waals surface area contributed by atoms with Crippen LogP contribution in [0.15, 0.2) is 0 Å². The molecule has 104 valence electrons. The highest BCUT2D eigenvalue weighted by molar-refractivity contribution is 5.75. The predicted octanol–water partition coefficient (Wildman–Crippen LogP) is 3.19. The van der Waals surface area contributed by atoms with E-state index in [1.807, 2.05) is 7.05 Å². The molecule has 0 heterocycles. The van der Waals surface area contributed by atoms with Gasteiger partial charge in [0, 0.05) is 6.04 Å². The molecule has 0 aromatic rings. The fourth-order valence-corrected chi connectivity index (χ4v) is 4.12. The van der Waals surface area contributed by atoms with Crippen LogP contribution in [0.1, 0.15) is 64.2 Å². The monoisotopic (exact) mass is 253 g/mol. The highest BCUT2D eigenvalue weighted by Crippen LogP contribution is 2.47. The molecule has 2 aliphatic carbocycles. The zero-order valence-corrected chi connectivity index (χ0v) is 11.6. The van der Waals surface area contributed by atoms with Crippen molar-refractivity contribution in [2.24, 2.45) is 11.3 Å². The fraction of sp³-hybridized carbons (Fsp3) is 0.933. The third kappa shape index (κ3) is 2.71. The number of carboxylic acid groups (broad SMARTS) is 1. The Bertz CT molecular complexity index is 286. The van der Waals surface area contributed by atoms with Gasteiger partial charge in [-0.2, -0.15) is 0 Å². The van der Waals surface area contributed by atoms with Crippen molar-refractivity contribution in [2.75, 3.05) is 7.05 Å². The van der Waals surface area contributed by atoms with Gasteiger partial charge in [-0.05, 0) is 45.1 Å². The molecule has 0 aliphatic heterocycles. The predicted molar refractivity (Wildman–Crippen MR) is 72.6 cm³/mol. The van der Waals surface area contributed by atoms with Crippen molar-refractivity contribution in [1.29, 1.82) is 0 Å². The number of carbonyl (C=O) groups is 1. The van der Waals surface area contributed by atoms with Crippen LogP contribution in [0.25, 0.3) is 0 Å². The minimum atomic E-state index is -0.531. The minimum absolute atomic E-state index is 0.394. The van der Waals surface area contributed by atoms with E-state index >= 15 is 0 Å². The summed E-state index contributed by atoms with van der Waals surface area (Å²) in [5.41, 5.74) is -0.440. The summed E-state index contributed by atoms with van der Waals surface area (Å²) >= 11 is 0. The zero-order chi connectivity index (χ0) is 13.0. The van der Waals surface area contributed by atoms with Gasteiger partial charge in [-0.3, -0.25) is 4.79 Å². The van der Waals surface area contributed by atoms with Gasteiger partial charge in [0.05, 0.1) is 5.41 Å². The summed E-state index contributed by atoms with van der Waals surface area (Å²) < 4.78 is 0. The molecule has 2 atom stereocenters. The summed E-state index contributed by atoms with van der Waals surface area (Å²) in [6.07, 6.45) is 11.1. The van der Waals surface area contributed by atoms with Crippen molar-refractivity contribution in [2.45, 2.75) is 70.3 Å². The largest absolute Gasteiger partial charge is 0.481 e. The fourth-order valence-electron chi connectivity index (χ4n) is 4.12. The third-order valence-electron chi connectivity index (χ3n) is 5.26. The molecular formula is C15H27NO2. The molecule has 0 radical (unpaired) electrons. The Labute approximate surface area is 110 Å². The Morgan fingerprint density at radius 2 is 1.78 bits per heavy atom. The first-order chi connectivity index (χ1) is 8.69. The maximum absolute atomic E-state index is 12.0. The van der Waals surface area contributed by atoms with E-state index in [2.05, 4.69) is 5.32 Å². The molecule has 2 saturated carbocycles. The molecule has 2 rings (SSSR count). The zero-order valence-electron chi connectivity index (χ0n) is 11.6. The number of nitrogens with one attached hydrogen (secondary N) is 1. The molecule has 3 heteroatoms. The van der Waals surface area contributed by atoms with Crippen molar-refractivity contribution in [1.82, 2.24) is 5.32 Å². The Kier molecular flexibility index (Phi) is 4.66. The smallest absolute Gasteiger partial charge is 0.309 e. The highest BCUT2D eigenvalue weighted by atomic mass is 16.4. The molecule has 0 bridgehead atoms. The van der Waals surface area contributed by atoms with Gasteiger partial charge in [-0.25, -0.2) is 0 Å². The van der Waals surface area contributed by atoms with E-state index in [-0.39, 0.29) is 0 Å². The van der Waals surface area contributed by atoms with Gasteiger partial charge >= 0.3 is 5.97 Å². The van der Waals surface area contributed by atoms with Crippen molar-refractivity contribution in [3.8, 4) is 0 Å². The van der Waals surface area contributed by atoms with E-state index in [0.717, 1.165) is 38.5 Å². The van der Waals surface area contributed by atoms with E-state index in [4.69, 9.17) is 0 Å². The van der Waals surface area contributed by atoms with Crippen LogP contribution in [0.4, 0.5) is 0 Å². The maximum atomic E-state index is 12.0. The second kappa shape index (κ2) is 6.05. The first kappa shape index (κ1) is 13.9. The van der Waals surface area contributed by atoms with E-state index in [0.29, 0.717) is 12.0 Å². The van der Waals surface area contributed by atoms with Gasteiger partial charge in [-0.15, -0.1) is 0 Å². The lowest BCUT2D eigenvalue weighted by Gasteiger charge is -2.40. The van der Waals surface area contributed by atoms with Crippen LogP contribution in [-0.2, 0) is 4.79 Å². The number of hydrogen-bond donors (Lipinski definition) is 2. The average molecular weight is 253 g/mol. The molecular weight excluding hydrogens is 226 g/mol. The van der Waals surface area contributed by atoms with Crippen LogP contribution in [0.2, 0.25) is 0 Å². The summed E-state index contributed by atoms with van der Waals surface area (Å²) in [6, 6.07) is 0.394. The maximum Gasteiger partial charge on any atom is 0.309 e. The van der Waals surface area contributed by atoms with Crippen LogP contribution >= 0.6 is 0 Å². The summed E-state index contributed by atoms with van der Waals surface area (Å²) in [6.45, 7) is 0. The second-order valence-corrected chi connectivity index (χ2v) is 6.23. The van der Waals surface area contributed by atoms with Crippen LogP contribution in [0.5, 0.6) is 0 Å². The Morgan fingerprint density at radius 3 is 2.39 bits per heavy atom. The standard InChI is InChI=1S/C15H27NO2/c1-16-13-9-5-6-10-15(11-13,14(17)18)12-7-3-2-4-8-12/h12-13,16H,2-11H2,1H3,(H,17,18). The molecule has 3 nitrogen and oxygen atoms in total. The Hall–Kier alpha value is -0.570. The van der Waals surface area contributed by atoms with Crippen molar-refractivity contribution in [3.63, 3.8) is 0 Å². The van der Waals surface area contributed by atoms with Gasteiger partial charge in [0.1, 0.15) is 0 Å². The molecule has 0 aromatic heterocycles. The molecule has 0 saturated heterocycles. The number of carboxylic acids is 1. The lowest BCUT2D eigenvalue weighted by atomic mass is 9.64. The molecule has 18 heavy (non-hydrogen) atoms. The number of rotatable bonds is 3. The molecule has 0 aromatic carbocycles. The van der Waals surface area contributed by atoms with E-state index in [9.17, 15) is 9.90 Å². The molecule has 0 spiro atoms. The summed E-state index contributed by atoms with van der Waals surface area (Å²) in [5, 5.41) is 13.2. The van der Waals surface area contributed by atoms with Gasteiger partial charge in [-0.1, -0.05) is 32.1 Å². The van der Waals surface area contributed by atoms with Gasteiger partial charge in [0.2, 0.25) is 0 Å². The van der Waals surface area contributed by atoms with Crippen LogP contribution < -0.4 is 5.32 Å². The normalized spacial score (nSPS) is 35.1. The van der Waals surface area contributed by atoms with Gasteiger partial charge in [0.15, 0.2) is 0 Å². The molecule has 2 aliphatic rings. The quantitative estimate of drug-likeness (QED) is 0.759. The third-order valence-corrected chi connectivity index (χ3v) is 5.26. The molecule has 2 fully saturated rings. The van der Waals surface area contributed by atoms with Crippen molar-refractivity contribution >= 4 is 5.97 Å². The molecule has 0 amide bonds. The van der Waals surface area contributed by atoms with Crippen LogP contribution in [0, 0.1) is 11.3 Å². The Balaban J connectivity index is 2.20. The average Bonchev–Trinajstić information content (AvgIpc) is 2.63. The Morgan fingerprint density at radius 1 is 1.11 bits per heavy atom. The summed E-state index contributed by atoms with van der Waals surface area (Å²) in [4.78, 5) is 12.0. The summed E-state index contributed by atoms with van der Waals surface area (Å²) in [5.74, 6) is -0.116. The van der Waals surface area contributed by atoms with E-state index < -0.39 is 11.4 Å². The number of aliphatic carboxylic acids is 1. The number of hydrogen-bond acceptors (Lipinski definition) is 2. The first-order valence-corrected chi connectivity index (χ1v) is 7.60. The van der Waals surface area contributed by atoms with Gasteiger partial charge in [0.25, 0.3) is 0 Å². The molecule has 2 N–H and O–H groups in total. The molecule has 2 unspecified atom stereocenters. The van der Waals surface area contributed by atoms with E-state index in [1.54, 1.807) is 0 Å². The van der Waals surface area contributed by atoms with Crippen LogP contribution in [0.3, 0.4) is 0 Å². The van der Waals surface area contributed by atoms with E-state index in [1.165, 1.54) is 25.7 Å². The lowest BCUT2D eigenvalue weighted by molar-refractivity contribution is -0.155. The SMILES string of the molecule is CNC1CCCCC(C(=O)O)(C2CCCCC2)C1. The second-order valence-electron chi connectivity index (χ2n) is 6.23. The van der Waals surface area contributed by atoms with Crippen molar-refractivity contribution in [3.05, 3.63) is 0 Å². The topological polar surface area (TPSA) is 49.3 Å². The van der Waals surface area contributed by atoms with Gasteiger partial charge < -0.3 is 10.4 Å². The minimum Gasteiger partial charge on any atom is -0.481 e. The van der Waals surface area contributed by atoms with Crippen LogP contribution in [-0.4, -0.2) is 24.2 Å². The van der Waals surface area contributed by atoms with Crippen molar-refractivity contribution < 1.29 is 9.90 Å². The lowest BCUT2D eigenvalue weighted by Crippen LogP contribution is -2.43. The first-order valence-electron chi connectivity index (χ1n) is 7.60.